The molecule has 0 spiro atoms. The average molecular weight is 315 g/mol. The van der Waals surface area contributed by atoms with E-state index in [4.69, 9.17) is 0 Å². The van der Waals surface area contributed by atoms with E-state index < -0.39 is 0 Å². The summed E-state index contributed by atoms with van der Waals surface area (Å²) in [6.45, 7) is 5.74. The molecule has 1 atom stereocenters. The van der Waals surface area contributed by atoms with Gasteiger partial charge >= 0.3 is 0 Å². The quantitative estimate of drug-likeness (QED) is 0.451. The number of anilines is 1. The summed E-state index contributed by atoms with van der Waals surface area (Å²) >= 11 is 0. The van der Waals surface area contributed by atoms with Crippen LogP contribution in [0, 0.1) is 0 Å². The maximum atomic E-state index is 2.54. The van der Waals surface area contributed by atoms with E-state index in [9.17, 15) is 0 Å². The van der Waals surface area contributed by atoms with Crippen molar-refractivity contribution in [3.63, 3.8) is 0 Å². The molecule has 1 aromatic carbocycles. The normalized spacial score (nSPS) is 17.2. The highest BCUT2D eigenvalue weighted by atomic mass is 15.4. The Morgan fingerprint density at radius 1 is 0.783 bits per heavy atom. The number of hydrogen-bond acceptors (Lipinski definition) is 2. The molecule has 0 aliphatic carbocycles. The highest BCUT2D eigenvalue weighted by Gasteiger charge is 2.26. The van der Waals surface area contributed by atoms with Crippen LogP contribution in [0.1, 0.15) is 71.6 Å². The second-order valence-electron chi connectivity index (χ2n) is 6.67. The van der Waals surface area contributed by atoms with Crippen LogP contribution in [-0.2, 0) is 0 Å². The van der Waals surface area contributed by atoms with Crippen LogP contribution in [0.3, 0.4) is 0 Å². The first-order chi connectivity index (χ1) is 11.4. The summed E-state index contributed by atoms with van der Waals surface area (Å²) in [7, 11) is 0. The van der Waals surface area contributed by atoms with Gasteiger partial charge in [0.1, 0.15) is 6.17 Å². The van der Waals surface area contributed by atoms with Crippen molar-refractivity contribution in [3.8, 4) is 0 Å². The van der Waals surface area contributed by atoms with Crippen molar-refractivity contribution in [1.82, 2.24) is 4.90 Å². The molecule has 0 N–H and O–H groups in total. The van der Waals surface area contributed by atoms with Crippen LogP contribution in [0.2, 0.25) is 0 Å². The Morgan fingerprint density at radius 3 is 2.22 bits per heavy atom. The van der Waals surface area contributed by atoms with Crippen LogP contribution in [0.25, 0.3) is 0 Å². The summed E-state index contributed by atoms with van der Waals surface area (Å²) in [6.07, 6.45) is 17.1. The molecule has 0 bridgehead atoms. The summed E-state index contributed by atoms with van der Waals surface area (Å²) in [5.74, 6) is 0. The van der Waals surface area contributed by atoms with Gasteiger partial charge in [-0.15, -0.1) is 0 Å². The van der Waals surface area contributed by atoms with Gasteiger partial charge in [0, 0.05) is 24.6 Å². The van der Waals surface area contributed by atoms with Gasteiger partial charge in [0.05, 0.1) is 0 Å². The Morgan fingerprint density at radius 2 is 1.48 bits per heavy atom. The first kappa shape index (κ1) is 17.9. The zero-order chi connectivity index (χ0) is 16.3. The lowest BCUT2D eigenvalue weighted by Crippen LogP contribution is -2.39. The number of unbranched alkanes of at least 4 members (excludes halogenated alkanes) is 6. The molecule has 0 saturated carbocycles. The van der Waals surface area contributed by atoms with Gasteiger partial charge in [-0.25, -0.2) is 0 Å². The Labute approximate surface area is 143 Å². The van der Waals surface area contributed by atoms with Crippen molar-refractivity contribution in [2.75, 3.05) is 11.4 Å². The zero-order valence-electron chi connectivity index (χ0n) is 15.1. The fraction of sp³-hybridized carbons (Fsp3) is 0.619. The van der Waals surface area contributed by atoms with Gasteiger partial charge < -0.3 is 9.80 Å². The van der Waals surface area contributed by atoms with Crippen molar-refractivity contribution in [2.24, 2.45) is 0 Å². The van der Waals surface area contributed by atoms with E-state index in [1.54, 1.807) is 0 Å². The number of para-hydroxylation sites is 1. The van der Waals surface area contributed by atoms with Crippen molar-refractivity contribution >= 4 is 5.69 Å². The number of nitrogens with zero attached hydrogens (tertiary/aromatic N) is 2. The molecule has 1 heterocycles. The van der Waals surface area contributed by atoms with Crippen molar-refractivity contribution in [3.05, 3.63) is 42.7 Å². The third-order valence-corrected chi connectivity index (χ3v) is 4.76. The van der Waals surface area contributed by atoms with Crippen LogP contribution in [0.15, 0.2) is 42.7 Å². The Bertz CT molecular complexity index is 440. The molecule has 1 aliphatic heterocycles. The summed E-state index contributed by atoms with van der Waals surface area (Å²) in [5, 5.41) is 0. The van der Waals surface area contributed by atoms with Gasteiger partial charge in [-0.2, -0.15) is 0 Å². The van der Waals surface area contributed by atoms with Crippen LogP contribution in [-0.4, -0.2) is 17.6 Å². The molecule has 23 heavy (non-hydrogen) atoms. The van der Waals surface area contributed by atoms with Crippen molar-refractivity contribution < 1.29 is 0 Å². The highest BCUT2D eigenvalue weighted by molar-refractivity contribution is 5.51. The largest absolute Gasteiger partial charge is 0.356 e. The Hall–Kier alpha value is -1.44. The summed E-state index contributed by atoms with van der Waals surface area (Å²) < 4.78 is 0. The predicted molar refractivity (Wildman–Crippen MR) is 101 cm³/mol. The third-order valence-electron chi connectivity index (χ3n) is 4.76. The topological polar surface area (TPSA) is 6.48 Å². The minimum atomic E-state index is 0.509. The molecule has 2 rings (SSSR count). The fourth-order valence-electron chi connectivity index (χ4n) is 3.35. The second kappa shape index (κ2) is 10.4. The fourth-order valence-corrected chi connectivity index (χ4v) is 3.35. The van der Waals surface area contributed by atoms with Gasteiger partial charge in [-0.3, -0.25) is 0 Å². The average Bonchev–Trinajstić information content (AvgIpc) is 2.99. The molecule has 128 valence electrons. The number of hydrogen-bond donors (Lipinski definition) is 0. The number of rotatable bonds is 11. The Balaban J connectivity index is 1.88. The molecule has 0 fully saturated rings. The first-order valence-electron chi connectivity index (χ1n) is 9.64. The van der Waals surface area contributed by atoms with E-state index in [-0.39, 0.29) is 0 Å². The second-order valence-corrected chi connectivity index (χ2v) is 6.67. The van der Waals surface area contributed by atoms with Crippen LogP contribution in [0.4, 0.5) is 5.69 Å². The van der Waals surface area contributed by atoms with Crippen LogP contribution < -0.4 is 4.90 Å². The summed E-state index contributed by atoms with van der Waals surface area (Å²) in [6, 6.07) is 10.8. The molecule has 0 amide bonds. The standard InChI is InChI=1S/C21H34N2/c1-3-5-7-8-9-13-16-21-22(17-6-4-2)18-19-23(21)20-14-11-10-12-15-20/h10-12,14-15,18-19,21H,3-9,13,16-17H2,1-2H3. The molecule has 2 heteroatoms. The van der Waals surface area contributed by atoms with Gasteiger partial charge in [-0.05, 0) is 31.4 Å². The van der Waals surface area contributed by atoms with Crippen molar-refractivity contribution in [1.29, 1.82) is 0 Å². The Kier molecular flexibility index (Phi) is 8.06. The first-order valence-corrected chi connectivity index (χ1v) is 9.64. The maximum Gasteiger partial charge on any atom is 0.105 e. The van der Waals surface area contributed by atoms with Gasteiger partial charge in [0.15, 0.2) is 0 Å². The molecule has 1 aliphatic rings. The van der Waals surface area contributed by atoms with E-state index >= 15 is 0 Å². The van der Waals surface area contributed by atoms with E-state index in [1.165, 1.54) is 70.0 Å². The number of benzene rings is 1. The molecule has 0 saturated heterocycles. The SMILES string of the molecule is CCCCCCCCC1N(CCCC)C=CN1c1ccccc1. The van der Waals surface area contributed by atoms with E-state index in [1.807, 2.05) is 0 Å². The minimum absolute atomic E-state index is 0.509. The van der Waals surface area contributed by atoms with Crippen molar-refractivity contribution in [2.45, 2.75) is 77.8 Å². The minimum Gasteiger partial charge on any atom is -0.356 e. The monoisotopic (exact) mass is 314 g/mol. The molecule has 1 unspecified atom stereocenters. The molecule has 0 radical (unpaired) electrons. The van der Waals surface area contributed by atoms with Gasteiger partial charge in [0.2, 0.25) is 0 Å². The third kappa shape index (κ3) is 5.60. The molecular weight excluding hydrogens is 280 g/mol. The molecule has 1 aromatic rings. The van der Waals surface area contributed by atoms with E-state index in [0.717, 1.165) is 0 Å². The summed E-state index contributed by atoms with van der Waals surface area (Å²) in [4.78, 5) is 5.00. The van der Waals surface area contributed by atoms with Crippen LogP contribution in [0.5, 0.6) is 0 Å². The highest BCUT2D eigenvalue weighted by Crippen LogP contribution is 2.28. The van der Waals surface area contributed by atoms with Crippen LogP contribution >= 0.6 is 0 Å². The van der Waals surface area contributed by atoms with E-state index in [2.05, 4.69) is 66.4 Å². The zero-order valence-corrected chi connectivity index (χ0v) is 15.1. The lowest BCUT2D eigenvalue weighted by atomic mass is 10.1. The predicted octanol–water partition coefficient (Wildman–Crippen LogP) is 6.16. The smallest absolute Gasteiger partial charge is 0.105 e. The summed E-state index contributed by atoms with van der Waals surface area (Å²) in [5.41, 5.74) is 1.32. The molecular formula is C21H34N2. The lowest BCUT2D eigenvalue weighted by molar-refractivity contribution is 0.275. The molecule has 0 aromatic heterocycles. The lowest BCUT2D eigenvalue weighted by Gasteiger charge is -2.33. The van der Waals surface area contributed by atoms with Gasteiger partial charge in [0.25, 0.3) is 0 Å². The molecule has 2 nitrogen and oxygen atoms in total. The van der Waals surface area contributed by atoms with Gasteiger partial charge in [-0.1, -0.05) is 70.6 Å². The maximum absolute atomic E-state index is 2.54. The van der Waals surface area contributed by atoms with E-state index in [0.29, 0.717) is 6.17 Å².